The second kappa shape index (κ2) is 11.4. The summed E-state index contributed by atoms with van der Waals surface area (Å²) in [6, 6.07) is 22.8. The maximum atomic E-state index is 13.2. The highest BCUT2D eigenvalue weighted by Gasteiger charge is 2.21. The minimum Gasteiger partial charge on any atom is -0.339 e. The normalized spacial score (nSPS) is 14.1. The topological polar surface area (TPSA) is 86.8 Å². The molecular weight excluding hydrogens is 474 g/mol. The van der Waals surface area contributed by atoms with Crippen molar-refractivity contribution < 1.29 is 18.0 Å². The summed E-state index contributed by atoms with van der Waals surface area (Å²) in [5, 5.41) is 2.88. The monoisotopic (exact) mass is 505 g/mol. The Hall–Kier alpha value is -3.65. The van der Waals surface area contributed by atoms with Crippen molar-refractivity contribution in [2.75, 3.05) is 29.0 Å². The summed E-state index contributed by atoms with van der Waals surface area (Å²) in [5.74, 6) is -0.398. The zero-order valence-corrected chi connectivity index (χ0v) is 21.2. The van der Waals surface area contributed by atoms with E-state index in [4.69, 9.17) is 0 Å². The quantitative estimate of drug-likeness (QED) is 0.494. The molecule has 1 heterocycles. The van der Waals surface area contributed by atoms with Crippen molar-refractivity contribution >= 4 is 33.2 Å². The first kappa shape index (κ1) is 25.4. The second-order valence-electron chi connectivity index (χ2n) is 9.01. The van der Waals surface area contributed by atoms with E-state index in [1.165, 1.54) is 10.6 Å². The fraction of sp³-hybridized carbons (Fsp3) is 0.286. The molecule has 3 aromatic carbocycles. The molecule has 1 aliphatic rings. The van der Waals surface area contributed by atoms with Crippen LogP contribution < -0.4 is 9.62 Å². The van der Waals surface area contributed by atoms with Crippen LogP contribution in [0.25, 0.3) is 0 Å². The predicted octanol–water partition coefficient (Wildman–Crippen LogP) is 4.92. The van der Waals surface area contributed by atoms with Crippen LogP contribution in [0.5, 0.6) is 0 Å². The lowest BCUT2D eigenvalue weighted by atomic mass is 10.1. The molecule has 2 amide bonds. The average molecular weight is 506 g/mol. The van der Waals surface area contributed by atoms with Crippen LogP contribution in [0.15, 0.2) is 78.9 Å². The lowest BCUT2D eigenvalue weighted by molar-refractivity contribution is 0.0762. The third-order valence-corrected chi connectivity index (χ3v) is 7.43. The fourth-order valence-corrected chi connectivity index (χ4v) is 5.23. The lowest BCUT2D eigenvalue weighted by Gasteiger charge is -2.22. The Morgan fingerprint density at radius 3 is 2.08 bits per heavy atom. The fourth-order valence-electron chi connectivity index (χ4n) is 4.34. The highest BCUT2D eigenvalue weighted by Crippen LogP contribution is 2.22. The number of carbonyl (C=O) groups excluding carboxylic acids is 2. The molecule has 1 aliphatic heterocycles. The molecule has 0 aliphatic carbocycles. The Bertz CT molecular complexity index is 1300. The van der Waals surface area contributed by atoms with Gasteiger partial charge < -0.3 is 10.2 Å². The van der Waals surface area contributed by atoms with Gasteiger partial charge in [0.1, 0.15) is 0 Å². The van der Waals surface area contributed by atoms with E-state index in [9.17, 15) is 18.0 Å². The standard InChI is InChI=1S/C28H31N3O4S/c1-36(34,35)31(24-11-5-4-6-12-24)21-22-15-17-23(18-16-22)27(32)29-26-14-8-7-13-25(26)28(33)30-19-9-2-3-10-20-30/h4-8,11-18H,2-3,9-10,19-21H2,1H3,(H,29,32). The number of benzene rings is 3. The number of sulfonamides is 1. The van der Waals surface area contributed by atoms with Crippen LogP contribution in [0.4, 0.5) is 11.4 Å². The molecule has 0 radical (unpaired) electrons. The molecule has 3 aromatic rings. The number of hydrogen-bond acceptors (Lipinski definition) is 4. The minimum absolute atomic E-state index is 0.0649. The molecular formula is C28H31N3O4S. The number of anilines is 2. The Morgan fingerprint density at radius 1 is 0.833 bits per heavy atom. The van der Waals surface area contributed by atoms with Crippen molar-refractivity contribution in [3.8, 4) is 0 Å². The van der Waals surface area contributed by atoms with Gasteiger partial charge in [0.2, 0.25) is 10.0 Å². The molecule has 1 fully saturated rings. The Labute approximate surface area is 212 Å². The summed E-state index contributed by atoms with van der Waals surface area (Å²) >= 11 is 0. The van der Waals surface area contributed by atoms with Crippen LogP contribution in [-0.2, 0) is 16.6 Å². The summed E-state index contributed by atoms with van der Waals surface area (Å²) in [6.07, 6.45) is 5.42. The van der Waals surface area contributed by atoms with Crippen LogP contribution in [0.1, 0.15) is 52.0 Å². The molecule has 0 aromatic heterocycles. The number of nitrogens with zero attached hydrogens (tertiary/aromatic N) is 2. The summed E-state index contributed by atoms with van der Waals surface area (Å²) in [7, 11) is -3.49. The first-order valence-electron chi connectivity index (χ1n) is 12.1. The summed E-state index contributed by atoms with van der Waals surface area (Å²) < 4.78 is 26.1. The van der Waals surface area contributed by atoms with Gasteiger partial charge in [-0.1, -0.05) is 55.3 Å². The van der Waals surface area contributed by atoms with Crippen molar-refractivity contribution in [1.82, 2.24) is 4.90 Å². The largest absolute Gasteiger partial charge is 0.339 e. The third kappa shape index (κ3) is 6.31. The number of rotatable bonds is 7. The Balaban J connectivity index is 1.48. The third-order valence-electron chi connectivity index (χ3n) is 6.29. The SMILES string of the molecule is CS(=O)(=O)N(Cc1ccc(C(=O)Nc2ccccc2C(=O)N2CCCCCC2)cc1)c1ccccc1. The number of nitrogens with one attached hydrogen (secondary N) is 1. The number of hydrogen-bond donors (Lipinski definition) is 1. The molecule has 0 saturated carbocycles. The van der Waals surface area contributed by atoms with Crippen molar-refractivity contribution in [2.24, 2.45) is 0 Å². The molecule has 4 rings (SSSR count). The number of amides is 2. The minimum atomic E-state index is -3.49. The molecule has 1 N–H and O–H groups in total. The molecule has 0 atom stereocenters. The number of likely N-dealkylation sites (tertiary alicyclic amines) is 1. The van der Waals surface area contributed by atoms with Crippen LogP contribution in [0.3, 0.4) is 0 Å². The highest BCUT2D eigenvalue weighted by molar-refractivity contribution is 7.92. The van der Waals surface area contributed by atoms with Gasteiger partial charge in [0, 0.05) is 18.7 Å². The van der Waals surface area contributed by atoms with Gasteiger partial charge in [0.15, 0.2) is 0 Å². The van der Waals surface area contributed by atoms with E-state index < -0.39 is 10.0 Å². The summed E-state index contributed by atoms with van der Waals surface area (Å²) in [5.41, 5.74) is 2.70. The van der Waals surface area contributed by atoms with Crippen LogP contribution in [0.2, 0.25) is 0 Å². The van der Waals surface area contributed by atoms with Crippen molar-refractivity contribution in [3.05, 3.63) is 95.6 Å². The first-order valence-corrected chi connectivity index (χ1v) is 14.0. The number of para-hydroxylation sites is 2. The zero-order valence-electron chi connectivity index (χ0n) is 20.4. The predicted molar refractivity (Wildman–Crippen MR) is 143 cm³/mol. The van der Waals surface area contributed by atoms with Gasteiger partial charge in [-0.3, -0.25) is 13.9 Å². The zero-order chi connectivity index (χ0) is 25.5. The van der Waals surface area contributed by atoms with Crippen molar-refractivity contribution in [1.29, 1.82) is 0 Å². The van der Waals surface area contributed by atoms with E-state index in [2.05, 4.69) is 5.32 Å². The van der Waals surface area contributed by atoms with Gasteiger partial charge in [-0.15, -0.1) is 0 Å². The van der Waals surface area contributed by atoms with E-state index in [0.29, 0.717) is 22.5 Å². The number of carbonyl (C=O) groups is 2. The van der Waals surface area contributed by atoms with Crippen LogP contribution in [0, 0.1) is 0 Å². The molecule has 7 nitrogen and oxygen atoms in total. The highest BCUT2D eigenvalue weighted by atomic mass is 32.2. The van der Waals surface area contributed by atoms with E-state index in [-0.39, 0.29) is 18.4 Å². The second-order valence-corrected chi connectivity index (χ2v) is 10.9. The van der Waals surface area contributed by atoms with Crippen LogP contribution >= 0.6 is 0 Å². The van der Waals surface area contributed by atoms with Gasteiger partial charge in [-0.25, -0.2) is 8.42 Å². The van der Waals surface area contributed by atoms with E-state index >= 15 is 0 Å². The summed E-state index contributed by atoms with van der Waals surface area (Å²) in [6.45, 7) is 1.62. The molecule has 1 saturated heterocycles. The smallest absolute Gasteiger partial charge is 0.255 e. The van der Waals surface area contributed by atoms with Crippen molar-refractivity contribution in [2.45, 2.75) is 32.2 Å². The molecule has 188 valence electrons. The molecule has 0 spiro atoms. The van der Waals surface area contributed by atoms with E-state index in [1.54, 1.807) is 72.8 Å². The van der Waals surface area contributed by atoms with E-state index in [0.717, 1.165) is 44.3 Å². The van der Waals surface area contributed by atoms with Gasteiger partial charge in [0.25, 0.3) is 11.8 Å². The molecule has 36 heavy (non-hydrogen) atoms. The average Bonchev–Trinajstić information content (AvgIpc) is 3.17. The van der Waals surface area contributed by atoms with Gasteiger partial charge >= 0.3 is 0 Å². The Morgan fingerprint density at radius 2 is 1.44 bits per heavy atom. The van der Waals surface area contributed by atoms with E-state index in [1.807, 2.05) is 11.0 Å². The maximum Gasteiger partial charge on any atom is 0.255 e. The molecule has 8 heteroatoms. The molecule has 0 bridgehead atoms. The Kier molecular flexibility index (Phi) is 8.05. The van der Waals surface area contributed by atoms with Crippen molar-refractivity contribution in [3.63, 3.8) is 0 Å². The van der Waals surface area contributed by atoms with Crippen LogP contribution in [-0.4, -0.2) is 44.5 Å². The van der Waals surface area contributed by atoms with Gasteiger partial charge in [-0.2, -0.15) is 0 Å². The summed E-state index contributed by atoms with van der Waals surface area (Å²) in [4.78, 5) is 28.0. The lowest BCUT2D eigenvalue weighted by Crippen LogP contribution is -2.32. The molecule has 0 unspecified atom stereocenters. The van der Waals surface area contributed by atoms with Gasteiger partial charge in [-0.05, 0) is 54.8 Å². The maximum absolute atomic E-state index is 13.2. The van der Waals surface area contributed by atoms with Gasteiger partial charge in [0.05, 0.1) is 29.7 Å². The first-order chi connectivity index (χ1) is 17.3.